The normalized spacial score (nSPS) is 27.8. The van der Waals surface area contributed by atoms with Crippen LogP contribution >= 0.6 is 0 Å². The van der Waals surface area contributed by atoms with Crippen LogP contribution in [-0.4, -0.2) is 22.8 Å². The first-order valence-corrected chi connectivity index (χ1v) is 9.60. The molecule has 0 N–H and O–H groups in total. The second kappa shape index (κ2) is 8.10. The number of carbonyl (C=O) groups excluding carboxylic acids is 1. The highest BCUT2D eigenvalue weighted by atomic mass is 16.1. The van der Waals surface area contributed by atoms with Crippen LogP contribution in [-0.2, 0) is 11.3 Å². The maximum absolute atomic E-state index is 12.6. The predicted octanol–water partition coefficient (Wildman–Crippen LogP) is 4.97. The van der Waals surface area contributed by atoms with Crippen LogP contribution in [0.1, 0.15) is 70.3 Å². The molecule has 2 heterocycles. The molecule has 2 bridgehead atoms. The molecule has 1 aromatic carbocycles. The van der Waals surface area contributed by atoms with Crippen LogP contribution in [0.4, 0.5) is 0 Å². The molecule has 2 nitrogen and oxygen atoms in total. The zero-order valence-corrected chi connectivity index (χ0v) is 14.5. The SMILES string of the molecule is CCCCCC(=O)C1CC2CCCC(C1)N2Cc1ccccc1. The standard InChI is InChI=1S/C21H31NO/c1-2-3-5-13-21(23)18-14-19-11-8-12-20(15-18)22(19)16-17-9-6-4-7-10-17/h4,6-7,9-10,18-20H,2-3,5,8,11-16H2,1H3. The molecule has 2 unspecified atom stereocenters. The number of benzene rings is 1. The summed E-state index contributed by atoms with van der Waals surface area (Å²) >= 11 is 0. The zero-order chi connectivity index (χ0) is 16.1. The van der Waals surface area contributed by atoms with Crippen LogP contribution in [0.5, 0.6) is 0 Å². The molecule has 0 spiro atoms. The van der Waals surface area contributed by atoms with Crippen LogP contribution in [0.3, 0.4) is 0 Å². The number of unbranched alkanes of at least 4 members (excludes halogenated alkanes) is 2. The van der Waals surface area contributed by atoms with Crippen molar-refractivity contribution in [3.05, 3.63) is 35.9 Å². The van der Waals surface area contributed by atoms with Crippen LogP contribution in [0.2, 0.25) is 0 Å². The van der Waals surface area contributed by atoms with E-state index in [9.17, 15) is 4.79 Å². The molecule has 2 atom stereocenters. The van der Waals surface area contributed by atoms with Gasteiger partial charge in [0.1, 0.15) is 5.78 Å². The summed E-state index contributed by atoms with van der Waals surface area (Å²) in [6, 6.07) is 12.1. The molecular formula is C21H31NO. The number of piperidine rings is 2. The van der Waals surface area contributed by atoms with Crippen LogP contribution in [0.15, 0.2) is 30.3 Å². The van der Waals surface area contributed by atoms with E-state index < -0.39 is 0 Å². The number of hydrogen-bond acceptors (Lipinski definition) is 2. The van der Waals surface area contributed by atoms with Crippen molar-refractivity contribution >= 4 is 5.78 Å². The summed E-state index contributed by atoms with van der Waals surface area (Å²) in [4.78, 5) is 15.3. The zero-order valence-electron chi connectivity index (χ0n) is 14.5. The minimum atomic E-state index is 0.342. The Labute approximate surface area is 141 Å². The molecule has 0 aromatic heterocycles. The molecular weight excluding hydrogens is 282 g/mol. The van der Waals surface area contributed by atoms with E-state index in [2.05, 4.69) is 42.2 Å². The monoisotopic (exact) mass is 313 g/mol. The van der Waals surface area contributed by atoms with E-state index in [4.69, 9.17) is 0 Å². The lowest BCUT2D eigenvalue weighted by Gasteiger charge is -2.48. The van der Waals surface area contributed by atoms with Gasteiger partial charge < -0.3 is 0 Å². The van der Waals surface area contributed by atoms with Gasteiger partial charge >= 0.3 is 0 Å². The Morgan fingerprint density at radius 1 is 1.09 bits per heavy atom. The summed E-state index contributed by atoms with van der Waals surface area (Å²) in [5.74, 6) is 0.892. The minimum absolute atomic E-state index is 0.342. The van der Waals surface area contributed by atoms with Gasteiger partial charge in [-0.05, 0) is 37.7 Å². The molecule has 2 aliphatic heterocycles. The van der Waals surface area contributed by atoms with Gasteiger partial charge in [-0.3, -0.25) is 9.69 Å². The van der Waals surface area contributed by atoms with Gasteiger partial charge in [0, 0.05) is 31.0 Å². The molecule has 2 aliphatic rings. The van der Waals surface area contributed by atoms with Gasteiger partial charge in [0.25, 0.3) is 0 Å². The number of ketones is 1. The van der Waals surface area contributed by atoms with Crippen molar-refractivity contribution in [1.29, 1.82) is 0 Å². The highest BCUT2D eigenvalue weighted by Crippen LogP contribution is 2.38. The van der Waals surface area contributed by atoms with Crippen molar-refractivity contribution in [3.8, 4) is 0 Å². The third kappa shape index (κ3) is 4.23. The number of rotatable bonds is 7. The summed E-state index contributed by atoms with van der Waals surface area (Å²) in [5.41, 5.74) is 1.41. The lowest BCUT2D eigenvalue weighted by Crippen LogP contribution is -2.52. The fourth-order valence-corrected chi connectivity index (χ4v) is 4.55. The Balaban J connectivity index is 1.60. The highest BCUT2D eigenvalue weighted by Gasteiger charge is 2.39. The summed E-state index contributed by atoms with van der Waals surface area (Å²) in [6.07, 6.45) is 10.4. The number of Topliss-reactive ketones (excluding diaryl/α,β-unsaturated/α-hetero) is 1. The molecule has 0 radical (unpaired) electrons. The molecule has 2 saturated heterocycles. The van der Waals surface area contributed by atoms with Gasteiger partial charge in [0.2, 0.25) is 0 Å². The molecule has 0 amide bonds. The Kier molecular flexibility index (Phi) is 5.88. The van der Waals surface area contributed by atoms with E-state index in [-0.39, 0.29) is 0 Å². The second-order valence-electron chi connectivity index (χ2n) is 7.49. The Morgan fingerprint density at radius 2 is 1.78 bits per heavy atom. The first kappa shape index (κ1) is 16.7. The second-order valence-corrected chi connectivity index (χ2v) is 7.49. The van der Waals surface area contributed by atoms with E-state index in [1.54, 1.807) is 0 Å². The molecule has 0 saturated carbocycles. The van der Waals surface area contributed by atoms with E-state index in [1.165, 1.54) is 37.7 Å². The van der Waals surface area contributed by atoms with Gasteiger partial charge in [-0.2, -0.15) is 0 Å². The van der Waals surface area contributed by atoms with Crippen LogP contribution in [0, 0.1) is 5.92 Å². The predicted molar refractivity (Wildman–Crippen MR) is 95.3 cm³/mol. The third-order valence-corrected chi connectivity index (χ3v) is 5.82. The maximum Gasteiger partial charge on any atom is 0.136 e. The Hall–Kier alpha value is -1.15. The average Bonchev–Trinajstić information content (AvgIpc) is 2.55. The number of nitrogens with zero attached hydrogens (tertiary/aromatic N) is 1. The summed E-state index contributed by atoms with van der Waals surface area (Å²) in [7, 11) is 0. The third-order valence-electron chi connectivity index (χ3n) is 5.82. The molecule has 2 heteroatoms. The van der Waals surface area contributed by atoms with Crippen LogP contribution < -0.4 is 0 Å². The lowest BCUT2D eigenvalue weighted by molar-refractivity contribution is -0.127. The molecule has 23 heavy (non-hydrogen) atoms. The number of carbonyl (C=O) groups is 1. The topological polar surface area (TPSA) is 20.3 Å². The maximum atomic E-state index is 12.6. The summed E-state index contributed by atoms with van der Waals surface area (Å²) in [6.45, 7) is 3.27. The quantitative estimate of drug-likeness (QED) is 0.662. The smallest absolute Gasteiger partial charge is 0.136 e. The van der Waals surface area contributed by atoms with E-state index in [0.717, 1.165) is 32.2 Å². The van der Waals surface area contributed by atoms with E-state index in [1.807, 2.05) is 0 Å². The fourth-order valence-electron chi connectivity index (χ4n) is 4.55. The van der Waals surface area contributed by atoms with Crippen molar-refractivity contribution in [2.24, 2.45) is 5.92 Å². The van der Waals surface area contributed by atoms with Crippen molar-refractivity contribution in [2.75, 3.05) is 0 Å². The first-order valence-electron chi connectivity index (χ1n) is 9.60. The average molecular weight is 313 g/mol. The largest absolute Gasteiger partial charge is 0.299 e. The minimum Gasteiger partial charge on any atom is -0.299 e. The molecule has 2 fully saturated rings. The van der Waals surface area contributed by atoms with E-state index in [0.29, 0.717) is 23.8 Å². The van der Waals surface area contributed by atoms with Gasteiger partial charge in [0.05, 0.1) is 0 Å². The highest BCUT2D eigenvalue weighted by molar-refractivity contribution is 5.81. The number of hydrogen-bond donors (Lipinski definition) is 0. The van der Waals surface area contributed by atoms with Crippen molar-refractivity contribution in [2.45, 2.75) is 83.3 Å². The molecule has 3 rings (SSSR count). The van der Waals surface area contributed by atoms with E-state index >= 15 is 0 Å². The Morgan fingerprint density at radius 3 is 2.43 bits per heavy atom. The fraction of sp³-hybridized carbons (Fsp3) is 0.667. The van der Waals surface area contributed by atoms with Crippen molar-refractivity contribution < 1.29 is 4.79 Å². The van der Waals surface area contributed by atoms with Gasteiger partial charge in [-0.15, -0.1) is 0 Å². The van der Waals surface area contributed by atoms with Gasteiger partial charge in [0.15, 0.2) is 0 Å². The van der Waals surface area contributed by atoms with Crippen LogP contribution in [0.25, 0.3) is 0 Å². The summed E-state index contributed by atoms with van der Waals surface area (Å²) < 4.78 is 0. The van der Waals surface area contributed by atoms with Crippen molar-refractivity contribution in [1.82, 2.24) is 4.90 Å². The van der Waals surface area contributed by atoms with Gasteiger partial charge in [-0.1, -0.05) is 56.5 Å². The molecule has 0 aliphatic carbocycles. The molecule has 126 valence electrons. The van der Waals surface area contributed by atoms with Crippen molar-refractivity contribution in [3.63, 3.8) is 0 Å². The molecule has 1 aromatic rings. The van der Waals surface area contributed by atoms with Gasteiger partial charge in [-0.25, -0.2) is 0 Å². The summed E-state index contributed by atoms with van der Waals surface area (Å²) in [5, 5.41) is 0. The first-order chi connectivity index (χ1) is 11.3. The lowest BCUT2D eigenvalue weighted by atomic mass is 9.76. The Bertz CT molecular complexity index is 484. The number of fused-ring (bicyclic) bond motifs is 2.